The Labute approximate surface area is 164 Å². The summed E-state index contributed by atoms with van der Waals surface area (Å²) in [5.41, 5.74) is 1.90. The number of piperidine rings is 1. The molecule has 1 saturated heterocycles. The number of allylic oxidation sites excluding steroid dienone is 1. The number of hydrogen-bond donors (Lipinski definition) is 1. The maximum Gasteiger partial charge on any atom is 0.231 e. The zero-order chi connectivity index (χ0) is 19.0. The summed E-state index contributed by atoms with van der Waals surface area (Å²) in [5.74, 6) is 1.32. The van der Waals surface area contributed by atoms with E-state index in [1.807, 2.05) is 18.2 Å². The van der Waals surface area contributed by atoms with Gasteiger partial charge >= 0.3 is 0 Å². The molecule has 0 spiro atoms. The Hall–Kier alpha value is -2.30. The number of carbonyl (C=O) groups excluding carboxylic acids is 1. The number of likely N-dealkylation sites (tertiary alicyclic amines) is 1. The Bertz CT molecular complexity index is 922. The molecule has 0 bridgehead atoms. The topological polar surface area (TPSA) is 49.8 Å². The van der Waals surface area contributed by atoms with Gasteiger partial charge < -0.3 is 9.84 Å². The smallest absolute Gasteiger partial charge is 0.231 e. The molecule has 1 fully saturated rings. The van der Waals surface area contributed by atoms with E-state index in [4.69, 9.17) is 16.3 Å². The fraction of sp³-hybridized carbons (Fsp3) is 0.318. The van der Waals surface area contributed by atoms with Gasteiger partial charge in [0, 0.05) is 18.1 Å². The quantitative estimate of drug-likeness (QED) is 0.766. The molecular formula is C22H22ClNO3. The minimum absolute atomic E-state index is 0.166. The molecule has 0 aromatic heterocycles. The van der Waals surface area contributed by atoms with Crippen LogP contribution in [0.15, 0.2) is 42.2 Å². The predicted octanol–water partition coefficient (Wildman–Crippen LogP) is 4.89. The zero-order valence-electron chi connectivity index (χ0n) is 15.2. The van der Waals surface area contributed by atoms with Crippen LogP contribution in [0.3, 0.4) is 0 Å². The first-order valence-corrected chi connectivity index (χ1v) is 9.66. The third-order valence-corrected chi connectivity index (χ3v) is 5.58. The predicted molar refractivity (Wildman–Crippen MR) is 106 cm³/mol. The molecule has 1 N–H and O–H groups in total. The van der Waals surface area contributed by atoms with Crippen LogP contribution in [0.2, 0.25) is 5.02 Å². The highest BCUT2D eigenvalue weighted by Crippen LogP contribution is 2.40. The maximum atomic E-state index is 12.8. The number of Topliss-reactive ketones (excluding diaryl/α,β-unsaturated/α-hetero) is 1. The van der Waals surface area contributed by atoms with E-state index in [2.05, 4.69) is 11.8 Å². The number of hydrogen-bond acceptors (Lipinski definition) is 4. The van der Waals surface area contributed by atoms with Gasteiger partial charge in [-0.15, -0.1) is 0 Å². The lowest BCUT2D eigenvalue weighted by molar-refractivity contribution is 0.101. The molecule has 4 nitrogen and oxygen atoms in total. The SMILES string of the molecule is C[C@H]1CCCN(Cc2c(O)ccc3c2O/C(=C\c2ccccc2Cl)C3=O)C1. The number of halogens is 1. The fourth-order valence-corrected chi connectivity index (χ4v) is 4.03. The average molecular weight is 384 g/mol. The van der Waals surface area contributed by atoms with Crippen LogP contribution in [0.25, 0.3) is 6.08 Å². The zero-order valence-corrected chi connectivity index (χ0v) is 16.0. The second-order valence-corrected chi connectivity index (χ2v) is 7.79. The van der Waals surface area contributed by atoms with Crippen molar-refractivity contribution in [3.63, 3.8) is 0 Å². The number of nitrogens with zero attached hydrogens (tertiary/aromatic N) is 1. The molecule has 2 aliphatic heterocycles. The summed E-state index contributed by atoms with van der Waals surface area (Å²) in [5, 5.41) is 11.0. The number of ether oxygens (including phenoxy) is 1. The Kier molecular flexibility index (Phi) is 4.94. The second-order valence-electron chi connectivity index (χ2n) is 7.38. The molecule has 2 aromatic carbocycles. The van der Waals surface area contributed by atoms with E-state index in [1.165, 1.54) is 6.42 Å². The highest BCUT2D eigenvalue weighted by atomic mass is 35.5. The van der Waals surface area contributed by atoms with Crippen molar-refractivity contribution in [2.45, 2.75) is 26.3 Å². The molecule has 0 saturated carbocycles. The summed E-state index contributed by atoms with van der Waals surface area (Å²) in [4.78, 5) is 15.1. The summed E-state index contributed by atoms with van der Waals surface area (Å²) in [6, 6.07) is 10.5. The molecule has 27 heavy (non-hydrogen) atoms. The van der Waals surface area contributed by atoms with Crippen molar-refractivity contribution in [2.75, 3.05) is 13.1 Å². The van der Waals surface area contributed by atoms with Crippen molar-refractivity contribution < 1.29 is 14.6 Å². The van der Waals surface area contributed by atoms with E-state index in [-0.39, 0.29) is 17.3 Å². The van der Waals surface area contributed by atoms with Crippen molar-refractivity contribution in [3.8, 4) is 11.5 Å². The third kappa shape index (κ3) is 3.60. The normalized spacial score (nSPS) is 21.3. The minimum atomic E-state index is -0.182. The molecule has 2 aromatic rings. The summed E-state index contributed by atoms with van der Waals surface area (Å²) in [6.07, 6.45) is 4.04. The van der Waals surface area contributed by atoms with Gasteiger partial charge in [0.15, 0.2) is 5.76 Å². The highest BCUT2D eigenvalue weighted by Gasteiger charge is 2.32. The van der Waals surface area contributed by atoms with E-state index >= 15 is 0 Å². The van der Waals surface area contributed by atoms with E-state index in [0.29, 0.717) is 34.4 Å². The van der Waals surface area contributed by atoms with Crippen LogP contribution in [-0.2, 0) is 6.54 Å². The van der Waals surface area contributed by atoms with E-state index < -0.39 is 0 Å². The number of phenolic OH excluding ortho intramolecular Hbond substituents is 1. The Morgan fingerprint density at radius 2 is 2.11 bits per heavy atom. The molecule has 0 aliphatic carbocycles. The molecule has 2 aliphatic rings. The number of benzene rings is 2. The van der Waals surface area contributed by atoms with Crippen molar-refractivity contribution in [2.24, 2.45) is 5.92 Å². The first-order chi connectivity index (χ1) is 13.0. The van der Waals surface area contributed by atoms with Crippen LogP contribution in [0, 0.1) is 5.92 Å². The molecule has 0 amide bonds. The second kappa shape index (κ2) is 7.37. The van der Waals surface area contributed by atoms with Gasteiger partial charge in [0.2, 0.25) is 5.78 Å². The van der Waals surface area contributed by atoms with Crippen LogP contribution in [0.1, 0.15) is 41.3 Å². The number of phenols is 1. The van der Waals surface area contributed by atoms with Crippen molar-refractivity contribution in [1.82, 2.24) is 4.90 Å². The number of rotatable bonds is 3. The number of ketones is 1. The number of fused-ring (bicyclic) bond motifs is 1. The molecule has 2 heterocycles. The Morgan fingerprint density at radius 1 is 1.30 bits per heavy atom. The Balaban J connectivity index is 1.66. The monoisotopic (exact) mass is 383 g/mol. The van der Waals surface area contributed by atoms with Gasteiger partial charge in [-0.2, -0.15) is 0 Å². The van der Waals surface area contributed by atoms with E-state index in [1.54, 1.807) is 24.3 Å². The minimum Gasteiger partial charge on any atom is -0.507 e. The van der Waals surface area contributed by atoms with Crippen LogP contribution < -0.4 is 4.74 Å². The van der Waals surface area contributed by atoms with Gasteiger partial charge in [0.1, 0.15) is 11.5 Å². The fourth-order valence-electron chi connectivity index (χ4n) is 3.84. The molecule has 4 rings (SSSR count). The standard InChI is InChI=1S/C22H22ClNO3/c1-14-5-4-10-24(12-14)13-17-19(25)9-8-16-21(26)20(27-22(16)17)11-15-6-2-3-7-18(15)23/h2-3,6-9,11,14,25H,4-5,10,12-13H2,1H3/b20-11-/t14-/m0/s1. The Morgan fingerprint density at radius 3 is 2.89 bits per heavy atom. The molecule has 140 valence electrons. The summed E-state index contributed by atoms with van der Waals surface area (Å²) in [7, 11) is 0. The molecule has 0 radical (unpaired) electrons. The maximum absolute atomic E-state index is 12.8. The molecule has 5 heteroatoms. The summed E-state index contributed by atoms with van der Waals surface area (Å²) < 4.78 is 5.92. The van der Waals surface area contributed by atoms with Gasteiger partial charge in [-0.25, -0.2) is 0 Å². The molecule has 0 unspecified atom stereocenters. The van der Waals surface area contributed by atoms with Gasteiger partial charge in [0.05, 0.1) is 11.1 Å². The van der Waals surface area contributed by atoms with E-state index in [9.17, 15) is 9.90 Å². The van der Waals surface area contributed by atoms with Crippen molar-refractivity contribution in [1.29, 1.82) is 0 Å². The largest absolute Gasteiger partial charge is 0.507 e. The van der Waals surface area contributed by atoms with Gasteiger partial charge in [0.25, 0.3) is 0 Å². The van der Waals surface area contributed by atoms with Gasteiger partial charge in [-0.1, -0.05) is 36.7 Å². The van der Waals surface area contributed by atoms with Crippen LogP contribution in [0.4, 0.5) is 0 Å². The molecule has 1 atom stereocenters. The van der Waals surface area contributed by atoms with Crippen LogP contribution >= 0.6 is 11.6 Å². The van der Waals surface area contributed by atoms with E-state index in [0.717, 1.165) is 25.1 Å². The first kappa shape index (κ1) is 18.1. The third-order valence-electron chi connectivity index (χ3n) is 5.23. The number of aromatic hydroxyl groups is 1. The van der Waals surface area contributed by atoms with Crippen LogP contribution in [0.5, 0.6) is 11.5 Å². The highest BCUT2D eigenvalue weighted by molar-refractivity contribution is 6.32. The van der Waals surface area contributed by atoms with Crippen molar-refractivity contribution in [3.05, 3.63) is 63.9 Å². The first-order valence-electron chi connectivity index (χ1n) is 9.29. The van der Waals surface area contributed by atoms with Crippen molar-refractivity contribution >= 4 is 23.5 Å². The summed E-state index contributed by atoms with van der Waals surface area (Å²) in [6.45, 7) is 4.79. The number of carbonyl (C=O) groups is 1. The van der Waals surface area contributed by atoms with Gasteiger partial charge in [-0.05, 0) is 55.1 Å². The average Bonchev–Trinajstić information content (AvgIpc) is 2.96. The molecular weight excluding hydrogens is 362 g/mol. The van der Waals surface area contributed by atoms with Crippen LogP contribution in [-0.4, -0.2) is 28.9 Å². The lowest BCUT2D eigenvalue weighted by Gasteiger charge is -2.31. The summed E-state index contributed by atoms with van der Waals surface area (Å²) >= 11 is 6.20. The lowest BCUT2D eigenvalue weighted by atomic mass is 9.99. The lowest BCUT2D eigenvalue weighted by Crippen LogP contribution is -2.33. The van der Waals surface area contributed by atoms with Gasteiger partial charge in [-0.3, -0.25) is 9.69 Å².